The molecule has 2 rings (SSSR count). The monoisotopic (exact) mass is 393 g/mol. The van der Waals surface area contributed by atoms with E-state index >= 15 is 0 Å². The molecule has 0 aliphatic carbocycles. The molecule has 1 atom stereocenters. The largest absolute Gasteiger partial charge is 0.496 e. The van der Waals surface area contributed by atoms with E-state index in [0.29, 0.717) is 11.5 Å². The number of carbonyl (C=O) groups excluding carboxylic acids is 1. The van der Waals surface area contributed by atoms with E-state index < -0.39 is 23.8 Å². The van der Waals surface area contributed by atoms with E-state index in [1.807, 2.05) is 0 Å². The van der Waals surface area contributed by atoms with Crippen LogP contribution in [-0.2, 0) is 4.79 Å². The molecule has 9 heteroatoms. The van der Waals surface area contributed by atoms with Crippen molar-refractivity contribution >= 4 is 11.9 Å². The molecule has 0 bridgehead atoms. The van der Waals surface area contributed by atoms with E-state index in [4.69, 9.17) is 18.9 Å². The Kier molecular flexibility index (Phi) is 7.02. The lowest BCUT2D eigenvalue weighted by molar-refractivity contribution is -0.144. The van der Waals surface area contributed by atoms with Crippen LogP contribution in [0.2, 0.25) is 0 Å². The Morgan fingerprint density at radius 2 is 1.57 bits per heavy atom. The second-order valence-electron chi connectivity index (χ2n) is 5.52. The molecular formula is C19H20FNO7. The Bertz CT molecular complexity index is 839. The van der Waals surface area contributed by atoms with E-state index in [0.717, 1.165) is 12.1 Å². The van der Waals surface area contributed by atoms with Crippen molar-refractivity contribution in [3.8, 4) is 23.0 Å². The minimum Gasteiger partial charge on any atom is -0.496 e. The molecule has 0 radical (unpaired) electrons. The van der Waals surface area contributed by atoms with Crippen molar-refractivity contribution in [2.24, 2.45) is 0 Å². The molecule has 1 unspecified atom stereocenters. The van der Waals surface area contributed by atoms with Crippen molar-refractivity contribution in [3.05, 3.63) is 47.8 Å². The lowest BCUT2D eigenvalue weighted by Crippen LogP contribution is -2.40. The zero-order valence-electron chi connectivity index (χ0n) is 15.5. The minimum atomic E-state index is -1.37. The zero-order valence-corrected chi connectivity index (χ0v) is 15.5. The van der Waals surface area contributed by atoms with Crippen molar-refractivity contribution in [1.82, 2.24) is 5.32 Å². The van der Waals surface area contributed by atoms with Gasteiger partial charge in [-0.25, -0.2) is 9.18 Å². The molecule has 2 aromatic rings. The van der Waals surface area contributed by atoms with Gasteiger partial charge in [0.05, 0.1) is 33.4 Å². The standard InChI is InChI=1S/C19H20FNO7/c1-25-14-9-16(27-3)15(26-2)8-13(14)18(22)21-10-17(19(23)24)28-12-6-4-11(20)5-7-12/h4-9,17H,10H2,1-3H3,(H,21,22)(H,23,24). The highest BCUT2D eigenvalue weighted by Gasteiger charge is 2.23. The first-order valence-corrected chi connectivity index (χ1v) is 8.12. The Morgan fingerprint density at radius 1 is 1.00 bits per heavy atom. The van der Waals surface area contributed by atoms with Crippen LogP contribution in [0.5, 0.6) is 23.0 Å². The van der Waals surface area contributed by atoms with Gasteiger partial charge in [-0.3, -0.25) is 4.79 Å². The summed E-state index contributed by atoms with van der Waals surface area (Å²) >= 11 is 0. The number of benzene rings is 2. The molecule has 2 aromatic carbocycles. The first-order valence-electron chi connectivity index (χ1n) is 8.12. The second kappa shape index (κ2) is 9.45. The molecule has 0 aromatic heterocycles. The molecule has 0 aliphatic heterocycles. The SMILES string of the molecule is COc1cc(OC)c(C(=O)NCC(Oc2ccc(F)cc2)C(=O)O)cc1OC. The minimum absolute atomic E-state index is 0.131. The number of aliphatic carboxylic acids is 1. The molecule has 2 N–H and O–H groups in total. The highest BCUT2D eigenvalue weighted by molar-refractivity contribution is 5.98. The Balaban J connectivity index is 2.14. The first kappa shape index (κ1) is 20.8. The van der Waals surface area contributed by atoms with E-state index in [1.165, 1.54) is 45.6 Å². The molecule has 0 spiro atoms. The molecule has 150 valence electrons. The average Bonchev–Trinajstić information content (AvgIpc) is 2.70. The maximum atomic E-state index is 13.0. The van der Waals surface area contributed by atoms with Gasteiger partial charge in [-0.15, -0.1) is 0 Å². The summed E-state index contributed by atoms with van der Waals surface area (Å²) in [5.41, 5.74) is 0.131. The van der Waals surface area contributed by atoms with E-state index in [-0.39, 0.29) is 23.6 Å². The van der Waals surface area contributed by atoms with Gasteiger partial charge < -0.3 is 29.4 Å². The smallest absolute Gasteiger partial charge is 0.346 e. The van der Waals surface area contributed by atoms with Gasteiger partial charge >= 0.3 is 5.97 Å². The molecule has 0 heterocycles. The highest BCUT2D eigenvalue weighted by Crippen LogP contribution is 2.34. The summed E-state index contributed by atoms with van der Waals surface area (Å²) in [7, 11) is 4.25. The van der Waals surface area contributed by atoms with Crippen LogP contribution < -0.4 is 24.3 Å². The van der Waals surface area contributed by atoms with Crippen molar-refractivity contribution in [2.45, 2.75) is 6.10 Å². The Morgan fingerprint density at radius 3 is 2.11 bits per heavy atom. The maximum Gasteiger partial charge on any atom is 0.346 e. The summed E-state index contributed by atoms with van der Waals surface area (Å²) in [5, 5.41) is 11.8. The Hall–Kier alpha value is -3.49. The summed E-state index contributed by atoms with van der Waals surface area (Å²) in [4.78, 5) is 23.9. The van der Waals surface area contributed by atoms with Gasteiger partial charge in [0.25, 0.3) is 5.91 Å². The number of halogens is 1. The van der Waals surface area contributed by atoms with Crippen molar-refractivity contribution in [2.75, 3.05) is 27.9 Å². The van der Waals surface area contributed by atoms with Crippen LogP contribution in [0.25, 0.3) is 0 Å². The molecular weight excluding hydrogens is 373 g/mol. The molecule has 8 nitrogen and oxygen atoms in total. The third-order valence-electron chi connectivity index (χ3n) is 3.77. The van der Waals surface area contributed by atoms with Crippen LogP contribution in [0.4, 0.5) is 4.39 Å². The summed E-state index contributed by atoms with van der Waals surface area (Å²) in [6.45, 7) is -0.330. The number of hydrogen-bond donors (Lipinski definition) is 2. The van der Waals surface area contributed by atoms with Crippen LogP contribution in [0, 0.1) is 5.82 Å². The zero-order chi connectivity index (χ0) is 20.7. The van der Waals surface area contributed by atoms with Gasteiger partial charge in [-0.2, -0.15) is 0 Å². The lowest BCUT2D eigenvalue weighted by Gasteiger charge is -2.17. The summed E-state index contributed by atoms with van der Waals surface area (Å²) in [6, 6.07) is 7.78. The Labute approximate surface area is 160 Å². The summed E-state index contributed by atoms with van der Waals surface area (Å²) < 4.78 is 33.8. The quantitative estimate of drug-likeness (QED) is 0.673. The maximum absolute atomic E-state index is 13.0. The number of hydrogen-bond acceptors (Lipinski definition) is 6. The first-order chi connectivity index (χ1) is 13.4. The fourth-order valence-corrected chi connectivity index (χ4v) is 2.34. The van der Waals surface area contributed by atoms with Gasteiger partial charge in [-0.1, -0.05) is 0 Å². The third-order valence-corrected chi connectivity index (χ3v) is 3.77. The number of carboxylic acids is 1. The number of nitrogens with one attached hydrogen (secondary N) is 1. The average molecular weight is 393 g/mol. The summed E-state index contributed by atoms with van der Waals surface area (Å²) in [5.74, 6) is -1.29. The normalized spacial score (nSPS) is 11.3. The molecule has 0 aliphatic rings. The van der Waals surface area contributed by atoms with Crippen LogP contribution in [0.15, 0.2) is 36.4 Å². The van der Waals surface area contributed by atoms with E-state index in [2.05, 4.69) is 5.32 Å². The number of rotatable bonds is 9. The van der Waals surface area contributed by atoms with Crippen molar-refractivity contribution in [3.63, 3.8) is 0 Å². The van der Waals surface area contributed by atoms with Gasteiger partial charge in [-0.05, 0) is 24.3 Å². The predicted octanol–water partition coefficient (Wildman–Crippen LogP) is 2.11. The van der Waals surface area contributed by atoms with Crippen molar-refractivity contribution < 1.29 is 38.0 Å². The predicted molar refractivity (Wildman–Crippen MR) is 96.9 cm³/mol. The second-order valence-corrected chi connectivity index (χ2v) is 5.52. The third kappa shape index (κ3) is 5.03. The van der Waals surface area contributed by atoms with Gasteiger partial charge in [0.1, 0.15) is 17.3 Å². The number of carbonyl (C=O) groups is 2. The fraction of sp³-hybridized carbons (Fsp3) is 0.263. The summed E-state index contributed by atoms with van der Waals surface area (Å²) in [6.07, 6.45) is -1.37. The molecule has 0 saturated heterocycles. The molecule has 0 saturated carbocycles. The van der Waals surface area contributed by atoms with Gasteiger partial charge in [0, 0.05) is 12.1 Å². The van der Waals surface area contributed by atoms with Gasteiger partial charge in [0.15, 0.2) is 11.5 Å². The molecule has 28 heavy (non-hydrogen) atoms. The highest BCUT2D eigenvalue weighted by atomic mass is 19.1. The van der Waals surface area contributed by atoms with E-state index in [9.17, 15) is 19.1 Å². The van der Waals surface area contributed by atoms with Crippen LogP contribution in [0.1, 0.15) is 10.4 Å². The number of methoxy groups -OCH3 is 3. The molecule has 1 amide bonds. The van der Waals surface area contributed by atoms with Crippen LogP contribution in [-0.4, -0.2) is 51.0 Å². The fourth-order valence-electron chi connectivity index (χ4n) is 2.34. The van der Waals surface area contributed by atoms with Crippen molar-refractivity contribution in [1.29, 1.82) is 0 Å². The molecule has 0 fully saturated rings. The lowest BCUT2D eigenvalue weighted by atomic mass is 10.1. The van der Waals surface area contributed by atoms with Gasteiger partial charge in [0.2, 0.25) is 6.10 Å². The van der Waals surface area contributed by atoms with Crippen LogP contribution in [0.3, 0.4) is 0 Å². The van der Waals surface area contributed by atoms with Crippen LogP contribution >= 0.6 is 0 Å². The number of ether oxygens (including phenoxy) is 4. The number of amides is 1. The topological polar surface area (TPSA) is 103 Å². The number of carboxylic acid groups (broad SMARTS) is 1. The van der Waals surface area contributed by atoms with E-state index in [1.54, 1.807) is 0 Å².